The molecule has 0 bridgehead atoms. The highest BCUT2D eigenvalue weighted by Gasteiger charge is 2.41. The van der Waals surface area contributed by atoms with Gasteiger partial charge >= 0.3 is 0 Å². The molecule has 5 rings (SSSR count). The van der Waals surface area contributed by atoms with E-state index in [0.29, 0.717) is 11.6 Å². The van der Waals surface area contributed by atoms with Crippen LogP contribution in [0.4, 0.5) is 0 Å². The van der Waals surface area contributed by atoms with Crippen LogP contribution >= 0.6 is 11.6 Å². The van der Waals surface area contributed by atoms with E-state index in [1.54, 1.807) is 6.08 Å². The summed E-state index contributed by atoms with van der Waals surface area (Å²) in [5.74, 6) is 1.68. The number of hydrogen-bond acceptors (Lipinski definition) is 4. The van der Waals surface area contributed by atoms with E-state index in [4.69, 9.17) is 26.2 Å². The Balaban J connectivity index is 1.51. The van der Waals surface area contributed by atoms with Crippen LogP contribution < -0.4 is 9.47 Å². The molecule has 2 heterocycles. The van der Waals surface area contributed by atoms with Crippen molar-refractivity contribution in [3.05, 3.63) is 107 Å². The maximum Gasteiger partial charge on any atom is 0.213 e. The molecule has 0 N–H and O–H groups in total. The second-order valence-electron chi connectivity index (χ2n) is 7.83. The minimum atomic E-state index is -0.285. The minimum Gasteiger partial charge on any atom is -0.490 e. The lowest BCUT2D eigenvalue weighted by molar-refractivity contribution is -0.0190. The summed E-state index contributed by atoms with van der Waals surface area (Å²) in [4.78, 5) is 0. The van der Waals surface area contributed by atoms with Crippen LogP contribution in [-0.2, 0) is 0 Å². The van der Waals surface area contributed by atoms with E-state index in [0.717, 1.165) is 40.3 Å². The number of hydrazone groups is 1. The number of hydrogen-bond donors (Lipinski definition) is 0. The first-order chi connectivity index (χ1) is 15.1. The molecule has 0 aliphatic carbocycles. The van der Waals surface area contributed by atoms with E-state index >= 15 is 0 Å². The second kappa shape index (κ2) is 8.12. The normalized spacial score (nSPS) is 19.2. The fraction of sp³-hybridized carbons (Fsp3) is 0.192. The van der Waals surface area contributed by atoms with Gasteiger partial charge in [0.2, 0.25) is 6.23 Å². The topological polar surface area (TPSA) is 34.1 Å². The molecule has 2 aliphatic rings. The van der Waals surface area contributed by atoms with Gasteiger partial charge in [-0.1, -0.05) is 54.1 Å². The fourth-order valence-corrected chi connectivity index (χ4v) is 4.26. The molecule has 5 heteroatoms. The van der Waals surface area contributed by atoms with Crippen molar-refractivity contribution in [2.75, 3.05) is 6.61 Å². The minimum absolute atomic E-state index is 0.0699. The van der Waals surface area contributed by atoms with Crippen molar-refractivity contribution in [1.29, 1.82) is 0 Å². The van der Waals surface area contributed by atoms with E-state index < -0.39 is 0 Å². The van der Waals surface area contributed by atoms with E-state index in [-0.39, 0.29) is 12.3 Å². The number of nitrogens with zero attached hydrogens (tertiary/aromatic N) is 2. The largest absolute Gasteiger partial charge is 0.490 e. The fourth-order valence-electron chi connectivity index (χ4n) is 4.08. The summed E-state index contributed by atoms with van der Waals surface area (Å²) < 4.78 is 12.0. The van der Waals surface area contributed by atoms with Crippen molar-refractivity contribution < 1.29 is 9.47 Å². The molecule has 2 aliphatic heterocycles. The molecule has 31 heavy (non-hydrogen) atoms. The summed E-state index contributed by atoms with van der Waals surface area (Å²) in [6.45, 7) is 6.26. The van der Waals surface area contributed by atoms with Gasteiger partial charge in [0.25, 0.3) is 0 Å². The van der Waals surface area contributed by atoms with Gasteiger partial charge < -0.3 is 9.47 Å². The predicted molar refractivity (Wildman–Crippen MR) is 124 cm³/mol. The molecule has 0 fully saturated rings. The van der Waals surface area contributed by atoms with Gasteiger partial charge in [0.05, 0.1) is 11.8 Å². The first-order valence-electron chi connectivity index (χ1n) is 10.3. The third-order valence-electron chi connectivity index (χ3n) is 5.67. The SMILES string of the molecule is C=CCOc1ccc(C2=NN3[C@@H](C2)c2cc(Cl)ccc2O[C@H]3c2ccc(C)cc2)cc1. The lowest BCUT2D eigenvalue weighted by Crippen LogP contribution is -2.33. The Labute approximate surface area is 187 Å². The van der Waals surface area contributed by atoms with Crippen LogP contribution in [0.25, 0.3) is 0 Å². The maximum atomic E-state index is 6.41. The Hall–Kier alpha value is -3.24. The molecule has 0 saturated carbocycles. The van der Waals surface area contributed by atoms with Gasteiger partial charge in [-0.15, -0.1) is 0 Å². The quantitative estimate of drug-likeness (QED) is 0.436. The Bertz CT molecular complexity index is 1140. The predicted octanol–water partition coefficient (Wildman–Crippen LogP) is 6.46. The zero-order valence-corrected chi connectivity index (χ0v) is 18.0. The summed E-state index contributed by atoms with van der Waals surface area (Å²) in [6, 6.07) is 22.4. The maximum absolute atomic E-state index is 6.41. The lowest BCUT2D eigenvalue weighted by Gasteiger charge is -2.38. The van der Waals surface area contributed by atoms with Gasteiger partial charge in [0.15, 0.2) is 0 Å². The number of halogens is 1. The molecule has 0 unspecified atom stereocenters. The number of ether oxygens (including phenoxy) is 2. The summed E-state index contributed by atoms with van der Waals surface area (Å²) in [5, 5.41) is 7.78. The first kappa shape index (κ1) is 19.7. The van der Waals surface area contributed by atoms with Gasteiger partial charge in [0, 0.05) is 22.6 Å². The average molecular weight is 431 g/mol. The number of benzene rings is 3. The molecule has 0 aromatic heterocycles. The molecule has 0 saturated heterocycles. The number of fused-ring (bicyclic) bond motifs is 3. The van der Waals surface area contributed by atoms with E-state index in [9.17, 15) is 0 Å². The highest BCUT2D eigenvalue weighted by Crippen LogP contribution is 2.48. The lowest BCUT2D eigenvalue weighted by atomic mass is 9.96. The van der Waals surface area contributed by atoms with Crippen molar-refractivity contribution in [1.82, 2.24) is 5.01 Å². The molecule has 2 atom stereocenters. The van der Waals surface area contributed by atoms with Crippen LogP contribution in [0.3, 0.4) is 0 Å². The molecule has 156 valence electrons. The van der Waals surface area contributed by atoms with Crippen LogP contribution in [-0.4, -0.2) is 17.3 Å². The first-order valence-corrected chi connectivity index (χ1v) is 10.7. The zero-order chi connectivity index (χ0) is 21.4. The van der Waals surface area contributed by atoms with Crippen molar-refractivity contribution in [2.45, 2.75) is 25.6 Å². The molecule has 4 nitrogen and oxygen atoms in total. The highest BCUT2D eigenvalue weighted by atomic mass is 35.5. The molecular weight excluding hydrogens is 408 g/mol. The molecule has 0 amide bonds. The van der Waals surface area contributed by atoms with E-state index in [1.807, 2.05) is 30.3 Å². The molecule has 3 aromatic carbocycles. The van der Waals surface area contributed by atoms with Crippen molar-refractivity contribution in [2.24, 2.45) is 5.10 Å². The highest BCUT2D eigenvalue weighted by molar-refractivity contribution is 6.30. The number of aryl methyl sites for hydroxylation is 1. The van der Waals surface area contributed by atoms with Crippen LogP contribution in [0.2, 0.25) is 5.02 Å². The van der Waals surface area contributed by atoms with Crippen LogP contribution in [0.5, 0.6) is 11.5 Å². The monoisotopic (exact) mass is 430 g/mol. The zero-order valence-electron chi connectivity index (χ0n) is 17.3. The standard InChI is InChI=1S/C26H23ClN2O2/c1-3-14-30-21-11-8-18(9-12-21)23-16-24-22-15-20(27)10-13-25(22)31-26(29(24)28-23)19-6-4-17(2)5-7-19/h3-13,15,24,26H,1,14,16H2,2H3/t24-,26-/m0/s1. The summed E-state index contributed by atoms with van der Waals surface area (Å²) >= 11 is 6.32. The van der Waals surface area contributed by atoms with Crippen LogP contribution in [0, 0.1) is 6.92 Å². The Morgan fingerprint density at radius 2 is 1.90 bits per heavy atom. The van der Waals surface area contributed by atoms with Crippen molar-refractivity contribution in [3.63, 3.8) is 0 Å². The van der Waals surface area contributed by atoms with Gasteiger partial charge in [-0.3, -0.25) is 0 Å². The Kier molecular flexibility index (Phi) is 5.16. The van der Waals surface area contributed by atoms with Crippen LogP contribution in [0.1, 0.15) is 40.9 Å². The Morgan fingerprint density at radius 3 is 2.65 bits per heavy atom. The summed E-state index contributed by atoms with van der Waals surface area (Å²) in [5.41, 5.74) is 5.46. The molecule has 3 aromatic rings. The third kappa shape index (κ3) is 3.79. The second-order valence-corrected chi connectivity index (χ2v) is 8.27. The van der Waals surface area contributed by atoms with Crippen molar-refractivity contribution in [3.8, 4) is 11.5 Å². The molecule has 0 radical (unpaired) electrons. The van der Waals surface area contributed by atoms with E-state index in [1.165, 1.54) is 5.56 Å². The van der Waals surface area contributed by atoms with Gasteiger partial charge in [-0.2, -0.15) is 5.10 Å². The Morgan fingerprint density at radius 1 is 1.13 bits per heavy atom. The van der Waals surface area contributed by atoms with Gasteiger partial charge in [0.1, 0.15) is 18.1 Å². The van der Waals surface area contributed by atoms with Crippen LogP contribution in [0.15, 0.2) is 84.5 Å². The molecular formula is C26H23ClN2O2. The summed E-state index contributed by atoms with van der Waals surface area (Å²) in [6.07, 6.45) is 2.24. The summed E-state index contributed by atoms with van der Waals surface area (Å²) in [7, 11) is 0. The molecule has 0 spiro atoms. The number of rotatable bonds is 5. The van der Waals surface area contributed by atoms with E-state index in [2.05, 4.69) is 54.9 Å². The van der Waals surface area contributed by atoms with Crippen molar-refractivity contribution >= 4 is 17.3 Å². The smallest absolute Gasteiger partial charge is 0.213 e. The van der Waals surface area contributed by atoms with Gasteiger partial charge in [-0.05, 0) is 55.0 Å². The van der Waals surface area contributed by atoms with Gasteiger partial charge in [-0.25, -0.2) is 5.01 Å². The third-order valence-corrected chi connectivity index (χ3v) is 5.90. The average Bonchev–Trinajstić information content (AvgIpc) is 3.24.